The predicted octanol–water partition coefficient (Wildman–Crippen LogP) is -2.00. The van der Waals surface area contributed by atoms with Crippen LogP contribution in [-0.2, 0) is 85.8 Å². The average Bonchev–Trinajstić information content (AvgIpc) is 1.55. The molecule has 2 unspecified atom stereocenters. The molecule has 10 rings (SSSR count). The van der Waals surface area contributed by atoms with Gasteiger partial charge in [0.15, 0.2) is 31.5 Å². The van der Waals surface area contributed by atoms with E-state index in [9.17, 15) is 83.5 Å². The number of allylic oxidation sites excluding steroid dienone is 3. The number of carbonyl (C=O) groups is 3. The molecule has 3 saturated carbocycles. The van der Waals surface area contributed by atoms with Gasteiger partial charge in [0.05, 0.1) is 43.4 Å². The summed E-state index contributed by atoms with van der Waals surface area (Å²) < 4.78 is 111. The Bertz CT molecular complexity index is 2810. The fourth-order valence-corrected chi connectivity index (χ4v) is 17.6. The van der Waals surface area contributed by atoms with Crippen LogP contribution in [0.3, 0.4) is 0 Å². The number of esters is 2. The lowest BCUT2D eigenvalue weighted by atomic mass is 9.41. The third-order valence-corrected chi connectivity index (χ3v) is 22.3. The molecular weight excluding hydrogens is 1230 g/mol. The van der Waals surface area contributed by atoms with Crippen molar-refractivity contribution in [1.82, 2.24) is 0 Å². The van der Waals surface area contributed by atoms with Crippen LogP contribution in [0.15, 0.2) is 23.8 Å². The number of cyclic esters (lactones) is 1. The number of rotatable bonds is 19. The van der Waals surface area contributed by atoms with Crippen molar-refractivity contribution in [3.63, 3.8) is 0 Å². The minimum atomic E-state index is -5.29. The molecule has 0 aromatic rings. The van der Waals surface area contributed by atoms with Crippen LogP contribution >= 0.6 is 0 Å². The standard InChI is InChI=1S/C60H92O30S/c1-24(2)11-10-16-59(9)49-29(63)19-58(8)28-12-13-34-56(5,6)35(15-17-57(34,7)27(28)14-18-60(49,58)55(74)89-59)84-53-47(39(68)33(23-80-53)90-91(75,76)77)88-54-48(87-50-41(70)36(65)30(64)21-79-50)43(72)45(25(3)81-54)85-52-44(73)46(38(67)31(20-61)82-52)86-51-42(71)40(69)37(66)32(83-51)22-78-26(4)62/h12,25,27,30-54,61,64-73H,1,10-11,13-23H2,2-9H3,(H,75,76,77)/t25-,27?,30-,31-,32-,33-,34?,35+,36+,37-,38-,39+,40+,41-,42-,43+,44-,45-,46+,47-,48-,49-,50+,51+,52+,53+,54+,57-,58+,59+,60-/m1/s1. The lowest BCUT2D eigenvalue weighted by Gasteiger charge is -2.63. The van der Waals surface area contributed by atoms with Gasteiger partial charge >= 0.3 is 22.3 Å². The Kier molecular flexibility index (Phi) is 20.7. The number of ether oxygens (including phenoxy) is 12. The van der Waals surface area contributed by atoms with Gasteiger partial charge in [0.25, 0.3) is 0 Å². The van der Waals surface area contributed by atoms with Crippen molar-refractivity contribution in [2.24, 2.45) is 39.4 Å². The zero-order valence-electron chi connectivity index (χ0n) is 52.2. The third-order valence-electron chi connectivity index (χ3n) is 21.9. The first-order valence-corrected chi connectivity index (χ1v) is 32.7. The van der Waals surface area contributed by atoms with E-state index in [1.807, 2.05) is 27.7 Å². The molecule has 4 aliphatic carbocycles. The first kappa shape index (κ1) is 70.9. The van der Waals surface area contributed by atoms with E-state index in [4.69, 9.17) is 61.0 Å². The minimum absolute atomic E-state index is 0.0305. The van der Waals surface area contributed by atoms with Crippen molar-refractivity contribution in [2.45, 2.75) is 266 Å². The van der Waals surface area contributed by atoms with E-state index in [0.717, 1.165) is 30.9 Å². The van der Waals surface area contributed by atoms with Crippen LogP contribution in [0.5, 0.6) is 0 Å². The number of aliphatic hydroxyl groups is 11. The van der Waals surface area contributed by atoms with Crippen molar-refractivity contribution < 1.29 is 145 Å². The maximum absolute atomic E-state index is 14.5. The fourth-order valence-electron chi connectivity index (χ4n) is 17.2. The Morgan fingerprint density at radius 3 is 1.99 bits per heavy atom. The van der Waals surface area contributed by atoms with E-state index < -0.39 is 223 Å². The van der Waals surface area contributed by atoms with E-state index in [-0.39, 0.29) is 30.0 Å². The number of hydrogen-bond acceptors (Lipinski definition) is 29. The van der Waals surface area contributed by atoms with Gasteiger partial charge in [-0.3, -0.25) is 18.9 Å². The molecule has 6 aliphatic heterocycles. The van der Waals surface area contributed by atoms with E-state index in [0.29, 0.717) is 38.5 Å². The molecule has 91 heavy (non-hydrogen) atoms. The van der Waals surface area contributed by atoms with E-state index >= 15 is 0 Å². The highest BCUT2D eigenvalue weighted by Gasteiger charge is 2.79. The highest BCUT2D eigenvalue weighted by atomic mass is 32.3. The quantitative estimate of drug-likeness (QED) is 0.0378. The molecule has 12 N–H and O–H groups in total. The summed E-state index contributed by atoms with van der Waals surface area (Å²) in [7, 11) is -5.29. The van der Waals surface area contributed by atoms with Gasteiger partial charge < -0.3 is 113 Å². The van der Waals surface area contributed by atoms with Crippen LogP contribution in [0.2, 0.25) is 0 Å². The molecular formula is C60H92O30S. The highest BCUT2D eigenvalue weighted by Crippen LogP contribution is 2.75. The monoisotopic (exact) mass is 1320 g/mol. The van der Waals surface area contributed by atoms with Crippen LogP contribution in [-0.4, -0.2) is 266 Å². The molecule has 0 bridgehead atoms. The largest absolute Gasteiger partial charge is 0.463 e. The van der Waals surface area contributed by atoms with Gasteiger partial charge in [-0.05, 0) is 94.8 Å². The van der Waals surface area contributed by atoms with E-state index in [1.54, 1.807) is 0 Å². The molecule has 31 heteroatoms. The summed E-state index contributed by atoms with van der Waals surface area (Å²) >= 11 is 0. The second-order valence-electron chi connectivity index (χ2n) is 28.1. The summed E-state index contributed by atoms with van der Waals surface area (Å²) in [5.41, 5.74) is -1.80. The zero-order chi connectivity index (χ0) is 66.6. The lowest BCUT2D eigenvalue weighted by molar-refractivity contribution is -0.403. The summed E-state index contributed by atoms with van der Waals surface area (Å²) in [6.45, 7) is 15.8. The summed E-state index contributed by atoms with van der Waals surface area (Å²) in [6.07, 6.45) is -36.6. The first-order valence-electron chi connectivity index (χ1n) is 31.3. The maximum atomic E-state index is 14.5. The molecule has 518 valence electrons. The van der Waals surface area contributed by atoms with Gasteiger partial charge in [-0.15, -0.1) is 6.58 Å². The van der Waals surface area contributed by atoms with Crippen LogP contribution < -0.4 is 0 Å². The van der Waals surface area contributed by atoms with Gasteiger partial charge in [0.1, 0.15) is 122 Å². The van der Waals surface area contributed by atoms with Crippen molar-refractivity contribution >= 4 is 28.1 Å². The number of Topliss-reactive ketones (excluding diaryl/α,β-unsaturated/α-hetero) is 1. The van der Waals surface area contributed by atoms with Gasteiger partial charge in [-0.25, -0.2) is 4.18 Å². The Labute approximate surface area is 526 Å². The minimum Gasteiger partial charge on any atom is -0.463 e. The predicted molar refractivity (Wildman–Crippen MR) is 303 cm³/mol. The van der Waals surface area contributed by atoms with Crippen LogP contribution in [0.1, 0.15) is 113 Å². The molecule has 6 heterocycles. The summed E-state index contributed by atoms with van der Waals surface area (Å²) in [5.74, 6) is -1.81. The molecule has 0 aromatic heterocycles. The van der Waals surface area contributed by atoms with Crippen LogP contribution in [0.4, 0.5) is 0 Å². The number of carbonyl (C=O) groups excluding carboxylic acids is 3. The highest BCUT2D eigenvalue weighted by molar-refractivity contribution is 7.80. The normalized spacial score (nSPS) is 49.8. The average molecular weight is 1330 g/mol. The number of fused-ring (bicyclic) bond motifs is 4. The van der Waals surface area contributed by atoms with Gasteiger partial charge in [0.2, 0.25) is 0 Å². The maximum Gasteiger partial charge on any atom is 0.397 e. The van der Waals surface area contributed by atoms with E-state index in [2.05, 4.69) is 26.5 Å². The lowest BCUT2D eigenvalue weighted by Crippen LogP contribution is -2.68. The summed E-state index contributed by atoms with van der Waals surface area (Å²) in [6, 6.07) is 0. The Hall–Kier alpha value is -2.88. The smallest absolute Gasteiger partial charge is 0.397 e. The molecule has 6 saturated heterocycles. The first-order chi connectivity index (χ1) is 42.5. The van der Waals surface area contributed by atoms with Crippen molar-refractivity contribution in [2.75, 3.05) is 26.4 Å². The Balaban J connectivity index is 0.903. The number of aliphatic hydroxyl groups excluding tert-OH is 11. The van der Waals surface area contributed by atoms with Gasteiger partial charge in [-0.2, -0.15) is 8.42 Å². The van der Waals surface area contributed by atoms with Gasteiger partial charge in [0, 0.05) is 18.8 Å². The molecule has 31 atom stereocenters. The van der Waals surface area contributed by atoms with Crippen molar-refractivity contribution in [3.05, 3.63) is 23.8 Å². The second kappa shape index (κ2) is 26.5. The fraction of sp³-hybridized carbons (Fsp3) is 0.883. The molecule has 0 amide bonds. The summed E-state index contributed by atoms with van der Waals surface area (Å²) in [5, 5.41) is 122. The molecule has 0 radical (unpaired) electrons. The zero-order valence-corrected chi connectivity index (χ0v) is 53.0. The van der Waals surface area contributed by atoms with Crippen LogP contribution in [0, 0.1) is 39.4 Å². The van der Waals surface area contributed by atoms with Crippen molar-refractivity contribution in [1.29, 1.82) is 0 Å². The molecule has 10 aliphatic rings. The Morgan fingerprint density at radius 1 is 0.692 bits per heavy atom. The number of ketones is 1. The van der Waals surface area contributed by atoms with E-state index in [1.165, 1.54) is 6.92 Å². The van der Waals surface area contributed by atoms with Gasteiger partial charge in [-0.1, -0.05) is 44.9 Å². The number of hydrogen-bond donors (Lipinski definition) is 12. The second-order valence-corrected chi connectivity index (χ2v) is 29.1. The topological polar surface area (TPSA) is 448 Å². The molecule has 1 spiro atoms. The molecule has 9 fully saturated rings. The SMILES string of the molecule is C=C(C)CCC[C@]1(C)OC(=O)[C@]23CCC4C(=CCC5C(C)(C)[C@@H](O[C@@H]6OC[C@@H](OS(=O)(=O)O)[C@H](O)[C@H]6O[C@@H]6O[C@H](C)[C@@H](O[C@@H]7O[C@H](CO)[C@@H](O)[C@H](O[C@@H]8O[C@H](COC(C)=O)[C@@H](O)[C@H](O)[C@H]8O)[C@H]7O)[C@H](O)[C@H]6O[C@@H]6OC[C@@H](O)[C@H](O)[C@H]6O)CC[C@]45C)[C@]2(C)CC(=O)[C@@H]31. The molecule has 0 aromatic carbocycles. The van der Waals surface area contributed by atoms with Crippen molar-refractivity contribution in [3.8, 4) is 0 Å². The molecule has 30 nitrogen and oxygen atoms in total. The Morgan fingerprint density at radius 2 is 1.32 bits per heavy atom. The van der Waals surface area contributed by atoms with Crippen LogP contribution in [0.25, 0.3) is 0 Å². The summed E-state index contributed by atoms with van der Waals surface area (Å²) in [4.78, 5) is 40.5. The third kappa shape index (κ3) is 12.8.